The highest BCUT2D eigenvalue weighted by Crippen LogP contribution is 2.39. The summed E-state index contributed by atoms with van der Waals surface area (Å²) >= 11 is 0. The summed E-state index contributed by atoms with van der Waals surface area (Å²) in [5.74, 6) is -0.877. The van der Waals surface area contributed by atoms with Gasteiger partial charge in [-0.3, -0.25) is 4.72 Å². The largest absolute Gasteiger partial charge is 0.495 e. The van der Waals surface area contributed by atoms with Crippen LogP contribution in [0.1, 0.15) is 23.0 Å². The van der Waals surface area contributed by atoms with Gasteiger partial charge < -0.3 is 14.0 Å². The van der Waals surface area contributed by atoms with Crippen molar-refractivity contribution < 1.29 is 27.1 Å². The molecular weight excluding hydrogens is 399 g/mol. The van der Waals surface area contributed by atoms with Gasteiger partial charge in [-0.1, -0.05) is 0 Å². The first-order chi connectivity index (χ1) is 13.7. The number of sulfonamides is 1. The summed E-state index contributed by atoms with van der Waals surface area (Å²) in [7, 11) is -0.902. The third-order valence-electron chi connectivity index (χ3n) is 4.68. The lowest BCUT2D eigenvalue weighted by Crippen LogP contribution is -2.15. The van der Waals surface area contributed by atoms with Crippen LogP contribution in [-0.2, 0) is 21.8 Å². The first-order valence-corrected chi connectivity index (χ1v) is 10.3. The fourth-order valence-electron chi connectivity index (χ4n) is 3.17. The Hall–Kier alpha value is -3.07. The lowest BCUT2D eigenvalue weighted by atomic mass is 10.1. The maximum absolute atomic E-state index is 13.2. The van der Waals surface area contributed by atoms with Crippen molar-refractivity contribution in [3.8, 4) is 5.75 Å². The summed E-state index contributed by atoms with van der Waals surface area (Å²) in [6.07, 6.45) is 0. The van der Waals surface area contributed by atoms with Crippen LogP contribution in [0.15, 0.2) is 41.3 Å². The fourth-order valence-corrected chi connectivity index (χ4v) is 4.25. The number of halogens is 1. The maximum atomic E-state index is 13.2. The molecule has 0 saturated carbocycles. The number of methoxy groups -OCH3 is 1. The van der Waals surface area contributed by atoms with Crippen molar-refractivity contribution >= 4 is 32.6 Å². The van der Waals surface area contributed by atoms with Gasteiger partial charge in [-0.25, -0.2) is 17.6 Å². The van der Waals surface area contributed by atoms with Crippen molar-refractivity contribution in [1.82, 2.24) is 4.57 Å². The highest BCUT2D eigenvalue weighted by atomic mass is 32.2. The summed E-state index contributed by atoms with van der Waals surface area (Å²) in [5, 5.41) is 0.369. The van der Waals surface area contributed by atoms with Crippen LogP contribution in [0.5, 0.6) is 5.75 Å². The fraction of sp³-hybridized carbons (Fsp3) is 0.250. The molecule has 0 bridgehead atoms. The number of carbonyl (C=O) groups is 1. The Morgan fingerprint density at radius 2 is 1.83 bits per heavy atom. The second-order valence-electron chi connectivity index (χ2n) is 6.34. The van der Waals surface area contributed by atoms with Crippen LogP contribution >= 0.6 is 0 Å². The van der Waals surface area contributed by atoms with Gasteiger partial charge in [-0.05, 0) is 50.2 Å². The summed E-state index contributed by atoms with van der Waals surface area (Å²) in [6.45, 7) is 3.61. The Morgan fingerprint density at radius 3 is 2.41 bits per heavy atom. The van der Waals surface area contributed by atoms with E-state index in [1.54, 1.807) is 37.6 Å². The van der Waals surface area contributed by atoms with Crippen LogP contribution in [0.4, 0.5) is 10.1 Å². The Kier molecular flexibility index (Phi) is 5.52. The predicted molar refractivity (Wildman–Crippen MR) is 107 cm³/mol. The normalized spacial score (nSPS) is 11.5. The SMILES string of the molecule is CCOC(=O)c1c(C)n(C)c2ccc(OC)c(NS(=O)(=O)c3ccc(F)cc3)c12. The van der Waals surface area contributed by atoms with Crippen LogP contribution in [0.25, 0.3) is 10.9 Å². The minimum Gasteiger partial charge on any atom is -0.495 e. The monoisotopic (exact) mass is 420 g/mol. The number of rotatable bonds is 6. The molecule has 0 aliphatic carbocycles. The van der Waals surface area contributed by atoms with E-state index in [1.165, 1.54) is 7.11 Å². The minimum atomic E-state index is -4.07. The lowest BCUT2D eigenvalue weighted by Gasteiger charge is -2.14. The van der Waals surface area contributed by atoms with E-state index in [-0.39, 0.29) is 28.5 Å². The summed E-state index contributed by atoms with van der Waals surface area (Å²) in [6, 6.07) is 7.78. The van der Waals surface area contributed by atoms with Gasteiger partial charge in [0.05, 0.1) is 29.7 Å². The third-order valence-corrected chi connectivity index (χ3v) is 6.05. The Labute approximate surface area is 168 Å². The van der Waals surface area contributed by atoms with Gasteiger partial charge in [0.1, 0.15) is 17.3 Å². The molecule has 3 aromatic rings. The van der Waals surface area contributed by atoms with E-state index < -0.39 is 21.8 Å². The number of aromatic nitrogens is 1. The van der Waals surface area contributed by atoms with Gasteiger partial charge >= 0.3 is 5.97 Å². The molecule has 154 valence electrons. The molecule has 0 aliphatic heterocycles. The van der Waals surface area contributed by atoms with Gasteiger partial charge in [0.15, 0.2) is 0 Å². The number of fused-ring (bicyclic) bond motifs is 1. The van der Waals surface area contributed by atoms with Crippen LogP contribution < -0.4 is 9.46 Å². The molecule has 0 aliphatic rings. The maximum Gasteiger partial charge on any atom is 0.340 e. The molecular formula is C20H21FN2O5S. The van der Waals surface area contributed by atoms with E-state index >= 15 is 0 Å². The number of anilines is 1. The van der Waals surface area contributed by atoms with E-state index in [4.69, 9.17) is 9.47 Å². The molecule has 3 rings (SSSR count). The van der Waals surface area contributed by atoms with Crippen LogP contribution in [-0.4, -0.2) is 32.7 Å². The average Bonchev–Trinajstić information content (AvgIpc) is 2.94. The number of benzene rings is 2. The topological polar surface area (TPSA) is 86.6 Å². The molecule has 9 heteroatoms. The van der Waals surface area contributed by atoms with E-state index in [2.05, 4.69) is 4.72 Å². The molecule has 0 unspecified atom stereocenters. The van der Waals surface area contributed by atoms with Crippen LogP contribution in [0, 0.1) is 12.7 Å². The van der Waals surface area contributed by atoms with Crippen LogP contribution in [0.3, 0.4) is 0 Å². The molecule has 29 heavy (non-hydrogen) atoms. The third kappa shape index (κ3) is 3.65. The van der Waals surface area contributed by atoms with Gasteiger partial charge in [0.25, 0.3) is 10.0 Å². The van der Waals surface area contributed by atoms with E-state index in [1.807, 2.05) is 0 Å². The molecule has 0 fully saturated rings. The van der Waals surface area contributed by atoms with Crippen LogP contribution in [0.2, 0.25) is 0 Å². The Bertz CT molecular complexity index is 1180. The highest BCUT2D eigenvalue weighted by molar-refractivity contribution is 7.92. The van der Waals surface area contributed by atoms with Gasteiger partial charge in [-0.2, -0.15) is 0 Å². The van der Waals surface area contributed by atoms with Crippen molar-refractivity contribution in [2.75, 3.05) is 18.4 Å². The first kappa shape index (κ1) is 20.7. The Morgan fingerprint density at radius 1 is 1.17 bits per heavy atom. The first-order valence-electron chi connectivity index (χ1n) is 8.82. The molecule has 0 atom stereocenters. The number of hydrogen-bond donors (Lipinski definition) is 1. The van der Waals surface area contributed by atoms with Crippen molar-refractivity contribution in [1.29, 1.82) is 0 Å². The molecule has 0 radical (unpaired) electrons. The summed E-state index contributed by atoms with van der Waals surface area (Å²) < 4.78 is 53.8. The number of nitrogens with one attached hydrogen (secondary N) is 1. The van der Waals surface area contributed by atoms with Crippen molar-refractivity contribution in [2.45, 2.75) is 18.7 Å². The second kappa shape index (κ2) is 7.75. The zero-order chi connectivity index (χ0) is 21.3. The number of carbonyl (C=O) groups excluding carboxylic acids is 1. The zero-order valence-electron chi connectivity index (χ0n) is 16.4. The predicted octanol–water partition coefficient (Wildman–Crippen LogP) is 3.61. The number of hydrogen-bond acceptors (Lipinski definition) is 5. The molecule has 1 N–H and O–H groups in total. The van der Waals surface area contributed by atoms with Gasteiger partial charge in [0, 0.05) is 18.1 Å². The number of ether oxygens (including phenoxy) is 2. The number of esters is 1. The molecule has 0 spiro atoms. The molecule has 2 aromatic carbocycles. The minimum absolute atomic E-state index is 0.112. The summed E-state index contributed by atoms with van der Waals surface area (Å²) in [5.41, 5.74) is 1.61. The Balaban J connectivity index is 2.26. The van der Waals surface area contributed by atoms with E-state index in [9.17, 15) is 17.6 Å². The molecule has 7 nitrogen and oxygen atoms in total. The molecule has 0 saturated heterocycles. The quantitative estimate of drug-likeness (QED) is 0.616. The van der Waals surface area contributed by atoms with Gasteiger partial charge in [0.2, 0.25) is 0 Å². The molecule has 1 heterocycles. The van der Waals surface area contributed by atoms with Crippen molar-refractivity contribution in [3.63, 3.8) is 0 Å². The van der Waals surface area contributed by atoms with E-state index in [0.717, 1.165) is 24.3 Å². The number of aryl methyl sites for hydroxylation is 1. The lowest BCUT2D eigenvalue weighted by molar-refractivity contribution is 0.0527. The summed E-state index contributed by atoms with van der Waals surface area (Å²) in [4.78, 5) is 12.5. The average molecular weight is 420 g/mol. The molecule has 0 amide bonds. The second-order valence-corrected chi connectivity index (χ2v) is 8.02. The standard InChI is InChI=1S/C20H21FN2O5S/c1-5-28-20(24)17-12(2)23(3)15-10-11-16(27-4)19(18(15)17)22-29(25,26)14-8-6-13(21)7-9-14/h6-11,22H,5H2,1-4H3. The van der Waals surface area contributed by atoms with Gasteiger partial charge in [-0.15, -0.1) is 0 Å². The molecule has 1 aromatic heterocycles. The van der Waals surface area contributed by atoms with E-state index in [0.29, 0.717) is 16.6 Å². The highest BCUT2D eigenvalue weighted by Gasteiger charge is 2.27. The van der Waals surface area contributed by atoms with Crippen molar-refractivity contribution in [2.24, 2.45) is 7.05 Å². The number of nitrogens with zero attached hydrogens (tertiary/aromatic N) is 1. The zero-order valence-corrected chi connectivity index (χ0v) is 17.3. The smallest absolute Gasteiger partial charge is 0.340 e. The van der Waals surface area contributed by atoms with Crippen molar-refractivity contribution in [3.05, 3.63) is 53.5 Å².